The molecular weight excluding hydrogens is 182 g/mol. The minimum absolute atomic E-state index is 0.110. The van der Waals surface area contributed by atoms with Gasteiger partial charge >= 0.3 is 0 Å². The van der Waals surface area contributed by atoms with E-state index >= 15 is 0 Å². The molecule has 2 nitrogen and oxygen atoms in total. The molecule has 0 radical (unpaired) electrons. The van der Waals surface area contributed by atoms with E-state index in [0.717, 1.165) is 19.4 Å². The number of aryl methyl sites for hydroxylation is 1. The van der Waals surface area contributed by atoms with E-state index in [4.69, 9.17) is 0 Å². The summed E-state index contributed by atoms with van der Waals surface area (Å²) in [6, 6.07) is 4.62. The smallest absolute Gasteiger partial charge is 0.0693 e. The second-order valence-corrected chi connectivity index (χ2v) is 5.02. The molecule has 13 heavy (non-hydrogen) atoms. The van der Waals surface area contributed by atoms with Crippen LogP contribution in [0.1, 0.15) is 22.6 Å². The Morgan fingerprint density at radius 2 is 2.38 bits per heavy atom. The molecule has 0 amide bonds. The van der Waals surface area contributed by atoms with Crippen molar-refractivity contribution in [3.05, 3.63) is 21.9 Å². The highest BCUT2D eigenvalue weighted by molar-refractivity contribution is 7.11. The average Bonchev–Trinajstić information content (AvgIpc) is 2.49. The maximum atomic E-state index is 9.33. The van der Waals surface area contributed by atoms with Gasteiger partial charge in [-0.2, -0.15) is 0 Å². The van der Waals surface area contributed by atoms with Crippen molar-refractivity contribution in [2.45, 2.75) is 38.5 Å². The van der Waals surface area contributed by atoms with Gasteiger partial charge in [-0.3, -0.25) is 0 Å². The van der Waals surface area contributed by atoms with Crippen LogP contribution in [0.4, 0.5) is 0 Å². The van der Waals surface area contributed by atoms with Gasteiger partial charge in [0.15, 0.2) is 0 Å². The van der Waals surface area contributed by atoms with Crippen LogP contribution < -0.4 is 5.32 Å². The van der Waals surface area contributed by atoms with Crippen LogP contribution in [0.3, 0.4) is 0 Å². The molecule has 2 N–H and O–H groups in total. The molecule has 0 saturated heterocycles. The second-order valence-electron chi connectivity index (χ2n) is 3.64. The lowest BCUT2D eigenvalue weighted by Gasteiger charge is -2.33. The van der Waals surface area contributed by atoms with Gasteiger partial charge in [-0.05, 0) is 31.9 Å². The minimum Gasteiger partial charge on any atom is -0.392 e. The van der Waals surface area contributed by atoms with Crippen molar-refractivity contribution in [1.29, 1.82) is 0 Å². The molecule has 0 aromatic carbocycles. The highest BCUT2D eigenvalue weighted by Crippen LogP contribution is 2.21. The molecule has 1 fully saturated rings. The fraction of sp³-hybridized carbons (Fsp3) is 0.600. The molecule has 2 rings (SSSR count). The van der Waals surface area contributed by atoms with Crippen molar-refractivity contribution >= 4 is 11.3 Å². The van der Waals surface area contributed by atoms with Gasteiger partial charge in [-0.15, -0.1) is 11.3 Å². The Morgan fingerprint density at radius 1 is 1.54 bits per heavy atom. The van der Waals surface area contributed by atoms with Crippen LogP contribution in [-0.2, 0) is 6.54 Å². The molecule has 2 unspecified atom stereocenters. The van der Waals surface area contributed by atoms with Crippen LogP contribution in [0, 0.1) is 6.92 Å². The first-order valence-corrected chi connectivity index (χ1v) is 5.54. The van der Waals surface area contributed by atoms with Crippen molar-refractivity contribution in [2.24, 2.45) is 0 Å². The Kier molecular flexibility index (Phi) is 2.67. The van der Waals surface area contributed by atoms with Crippen molar-refractivity contribution in [2.75, 3.05) is 0 Å². The van der Waals surface area contributed by atoms with Gasteiger partial charge in [0, 0.05) is 22.3 Å². The molecule has 72 valence electrons. The number of hydrogen-bond donors (Lipinski definition) is 2. The lowest BCUT2D eigenvalue weighted by Crippen LogP contribution is -2.47. The van der Waals surface area contributed by atoms with Crippen LogP contribution in [0.5, 0.6) is 0 Å². The summed E-state index contributed by atoms with van der Waals surface area (Å²) in [7, 11) is 0. The summed E-state index contributed by atoms with van der Waals surface area (Å²) in [4.78, 5) is 2.71. The van der Waals surface area contributed by atoms with Crippen LogP contribution in [-0.4, -0.2) is 17.3 Å². The van der Waals surface area contributed by atoms with Crippen LogP contribution >= 0.6 is 11.3 Å². The van der Waals surface area contributed by atoms with Gasteiger partial charge in [0.2, 0.25) is 0 Å². The Labute approximate surface area is 82.6 Å². The highest BCUT2D eigenvalue weighted by atomic mass is 32.1. The molecule has 3 heteroatoms. The van der Waals surface area contributed by atoms with Crippen molar-refractivity contribution in [1.82, 2.24) is 5.32 Å². The summed E-state index contributed by atoms with van der Waals surface area (Å²) >= 11 is 1.82. The summed E-state index contributed by atoms with van der Waals surface area (Å²) in [6.07, 6.45) is 1.97. The Balaban J connectivity index is 1.79. The summed E-state index contributed by atoms with van der Waals surface area (Å²) in [5.74, 6) is 0. The summed E-state index contributed by atoms with van der Waals surface area (Å²) in [6.45, 7) is 3.02. The standard InChI is InChI=1S/C10H15NOS/c1-7-2-3-8(13-7)6-11-9-4-5-10(9)12/h2-3,9-12H,4-6H2,1H3. The van der Waals surface area contributed by atoms with Crippen LogP contribution in [0.15, 0.2) is 12.1 Å². The van der Waals surface area contributed by atoms with E-state index in [2.05, 4.69) is 24.4 Å². The van der Waals surface area contributed by atoms with E-state index < -0.39 is 0 Å². The normalized spacial score (nSPS) is 27.2. The molecule has 0 spiro atoms. The third kappa shape index (κ3) is 2.10. The van der Waals surface area contributed by atoms with Crippen LogP contribution in [0.25, 0.3) is 0 Å². The SMILES string of the molecule is Cc1ccc(CNC2CCC2O)s1. The Morgan fingerprint density at radius 3 is 2.85 bits per heavy atom. The number of thiophene rings is 1. The molecule has 0 aliphatic heterocycles. The van der Waals surface area contributed by atoms with Gasteiger partial charge in [-0.1, -0.05) is 0 Å². The molecule has 2 atom stereocenters. The summed E-state index contributed by atoms with van der Waals surface area (Å²) < 4.78 is 0. The number of hydrogen-bond acceptors (Lipinski definition) is 3. The molecule has 0 bridgehead atoms. The Bertz CT molecular complexity index is 284. The number of nitrogens with one attached hydrogen (secondary N) is 1. The van der Waals surface area contributed by atoms with Crippen LogP contribution in [0.2, 0.25) is 0 Å². The highest BCUT2D eigenvalue weighted by Gasteiger charge is 2.27. The van der Waals surface area contributed by atoms with Crippen molar-refractivity contribution < 1.29 is 5.11 Å². The maximum Gasteiger partial charge on any atom is 0.0693 e. The van der Waals surface area contributed by atoms with E-state index in [9.17, 15) is 5.11 Å². The van der Waals surface area contributed by atoms with Crippen molar-refractivity contribution in [3.63, 3.8) is 0 Å². The first-order chi connectivity index (χ1) is 6.25. The lowest BCUT2D eigenvalue weighted by atomic mass is 9.89. The van der Waals surface area contributed by atoms with Gasteiger partial charge in [0.25, 0.3) is 0 Å². The first-order valence-electron chi connectivity index (χ1n) is 4.72. The van der Waals surface area contributed by atoms with E-state index in [-0.39, 0.29) is 6.10 Å². The lowest BCUT2D eigenvalue weighted by molar-refractivity contribution is 0.0494. The fourth-order valence-electron chi connectivity index (χ4n) is 1.53. The minimum atomic E-state index is -0.110. The molecule has 1 aromatic rings. The van der Waals surface area contributed by atoms with Gasteiger partial charge in [0.1, 0.15) is 0 Å². The molecule has 1 aromatic heterocycles. The molecule has 1 saturated carbocycles. The fourth-order valence-corrected chi connectivity index (χ4v) is 2.37. The predicted octanol–water partition coefficient (Wildman–Crippen LogP) is 1.67. The molecule has 1 heterocycles. The van der Waals surface area contributed by atoms with E-state index in [1.54, 1.807) is 0 Å². The second kappa shape index (κ2) is 3.78. The monoisotopic (exact) mass is 197 g/mol. The molecular formula is C10H15NOS. The topological polar surface area (TPSA) is 32.3 Å². The molecule has 1 aliphatic carbocycles. The van der Waals surface area contributed by atoms with Gasteiger partial charge in [0.05, 0.1) is 6.10 Å². The third-order valence-corrected chi connectivity index (χ3v) is 3.57. The zero-order valence-corrected chi connectivity index (χ0v) is 8.60. The van der Waals surface area contributed by atoms with Gasteiger partial charge in [-0.25, -0.2) is 0 Å². The predicted molar refractivity (Wildman–Crippen MR) is 54.9 cm³/mol. The third-order valence-electron chi connectivity index (χ3n) is 2.57. The number of aliphatic hydroxyl groups excluding tert-OH is 1. The average molecular weight is 197 g/mol. The quantitative estimate of drug-likeness (QED) is 0.772. The zero-order valence-electron chi connectivity index (χ0n) is 7.79. The van der Waals surface area contributed by atoms with E-state index in [0.29, 0.717) is 6.04 Å². The zero-order chi connectivity index (χ0) is 9.26. The molecule has 1 aliphatic rings. The maximum absolute atomic E-state index is 9.33. The number of rotatable bonds is 3. The van der Waals surface area contributed by atoms with E-state index in [1.165, 1.54) is 9.75 Å². The summed E-state index contributed by atoms with van der Waals surface area (Å²) in [5, 5.41) is 12.7. The Hall–Kier alpha value is -0.380. The van der Waals surface area contributed by atoms with Gasteiger partial charge < -0.3 is 10.4 Å². The van der Waals surface area contributed by atoms with Crippen molar-refractivity contribution in [3.8, 4) is 0 Å². The number of aliphatic hydroxyl groups is 1. The first kappa shape index (κ1) is 9.19. The van der Waals surface area contributed by atoms with E-state index in [1.807, 2.05) is 11.3 Å². The largest absolute Gasteiger partial charge is 0.392 e. The summed E-state index contributed by atoms with van der Waals surface area (Å²) in [5.41, 5.74) is 0.